The Morgan fingerprint density at radius 2 is 1.96 bits per heavy atom. The summed E-state index contributed by atoms with van der Waals surface area (Å²) in [7, 11) is 2.03. The molecule has 0 spiro atoms. The number of nitrogens with zero attached hydrogens (tertiary/aromatic N) is 2. The van der Waals surface area contributed by atoms with Crippen molar-refractivity contribution in [1.29, 1.82) is 0 Å². The van der Waals surface area contributed by atoms with Crippen LogP contribution in [-0.2, 0) is 13.5 Å². The predicted octanol–water partition coefficient (Wildman–Crippen LogP) is 2.33. The standard InChI is InChI=1S/C19H27N3O2/c1-13-11-17-15(5-4-8-22-9-6-20-7-10-22)14(2)21(3)18(17)12-16(13)19(23)24/h11-12,20H,4-10H2,1-3H3,(H,23,24). The second-order valence-electron chi connectivity index (χ2n) is 6.81. The third-order valence-electron chi connectivity index (χ3n) is 5.31. The van der Waals surface area contributed by atoms with Crippen molar-refractivity contribution in [2.45, 2.75) is 26.7 Å². The van der Waals surface area contributed by atoms with Crippen molar-refractivity contribution in [1.82, 2.24) is 14.8 Å². The normalized spacial score (nSPS) is 16.0. The van der Waals surface area contributed by atoms with Gasteiger partial charge in [-0.25, -0.2) is 4.79 Å². The lowest BCUT2D eigenvalue weighted by atomic mass is 10.0. The first-order valence-electron chi connectivity index (χ1n) is 8.74. The smallest absolute Gasteiger partial charge is 0.336 e. The van der Waals surface area contributed by atoms with Crippen molar-refractivity contribution in [3.05, 3.63) is 34.5 Å². The predicted molar refractivity (Wildman–Crippen MR) is 97.0 cm³/mol. The molecule has 5 nitrogen and oxygen atoms in total. The Balaban J connectivity index is 1.83. The summed E-state index contributed by atoms with van der Waals surface area (Å²) in [5.41, 5.74) is 4.86. The van der Waals surface area contributed by atoms with Gasteiger partial charge in [0.05, 0.1) is 5.56 Å². The first-order chi connectivity index (χ1) is 11.5. The number of aromatic carboxylic acids is 1. The molecule has 2 heterocycles. The van der Waals surface area contributed by atoms with Gasteiger partial charge in [-0.05, 0) is 56.5 Å². The Kier molecular flexibility index (Phi) is 4.92. The van der Waals surface area contributed by atoms with Crippen LogP contribution in [0.25, 0.3) is 10.9 Å². The summed E-state index contributed by atoms with van der Waals surface area (Å²) >= 11 is 0. The Labute approximate surface area is 143 Å². The van der Waals surface area contributed by atoms with Gasteiger partial charge in [0.25, 0.3) is 0 Å². The summed E-state index contributed by atoms with van der Waals surface area (Å²) in [5.74, 6) is -0.853. The lowest BCUT2D eigenvalue weighted by molar-refractivity contribution is 0.0696. The van der Waals surface area contributed by atoms with E-state index in [2.05, 4.69) is 21.7 Å². The Bertz CT molecular complexity index is 758. The molecule has 2 aromatic rings. The maximum atomic E-state index is 11.4. The molecule has 0 saturated carbocycles. The van der Waals surface area contributed by atoms with E-state index in [1.807, 2.05) is 26.1 Å². The molecular weight excluding hydrogens is 302 g/mol. The number of rotatable bonds is 5. The summed E-state index contributed by atoms with van der Waals surface area (Å²) in [5, 5.41) is 14.0. The van der Waals surface area contributed by atoms with Crippen LogP contribution in [0.2, 0.25) is 0 Å². The molecule has 0 bridgehead atoms. The van der Waals surface area contributed by atoms with Gasteiger partial charge in [-0.2, -0.15) is 0 Å². The van der Waals surface area contributed by atoms with Gasteiger partial charge in [0.1, 0.15) is 0 Å². The van der Waals surface area contributed by atoms with Crippen LogP contribution in [0, 0.1) is 13.8 Å². The molecule has 0 atom stereocenters. The number of carbonyl (C=O) groups is 1. The van der Waals surface area contributed by atoms with Crippen molar-refractivity contribution < 1.29 is 9.90 Å². The molecule has 130 valence electrons. The zero-order chi connectivity index (χ0) is 17.3. The number of aryl methyl sites for hydroxylation is 3. The van der Waals surface area contributed by atoms with Gasteiger partial charge in [0.2, 0.25) is 0 Å². The number of nitrogens with one attached hydrogen (secondary N) is 1. The van der Waals surface area contributed by atoms with E-state index in [-0.39, 0.29) is 0 Å². The van der Waals surface area contributed by atoms with Crippen molar-refractivity contribution in [3.63, 3.8) is 0 Å². The fourth-order valence-electron chi connectivity index (χ4n) is 3.75. The molecule has 0 unspecified atom stereocenters. The van der Waals surface area contributed by atoms with Crippen molar-refractivity contribution in [3.8, 4) is 0 Å². The van der Waals surface area contributed by atoms with E-state index in [0.29, 0.717) is 5.56 Å². The number of hydrogen-bond donors (Lipinski definition) is 2. The second-order valence-corrected chi connectivity index (χ2v) is 6.81. The Hall–Kier alpha value is -1.85. The third kappa shape index (κ3) is 3.19. The van der Waals surface area contributed by atoms with Crippen LogP contribution in [0.5, 0.6) is 0 Å². The van der Waals surface area contributed by atoms with Gasteiger partial charge in [-0.1, -0.05) is 0 Å². The highest BCUT2D eigenvalue weighted by molar-refractivity contribution is 5.96. The monoisotopic (exact) mass is 329 g/mol. The number of hydrogen-bond acceptors (Lipinski definition) is 3. The van der Waals surface area contributed by atoms with E-state index in [0.717, 1.165) is 56.6 Å². The average molecular weight is 329 g/mol. The maximum absolute atomic E-state index is 11.4. The van der Waals surface area contributed by atoms with Crippen LogP contribution in [0.4, 0.5) is 0 Å². The molecule has 1 aliphatic rings. The number of carboxylic acid groups (broad SMARTS) is 1. The minimum atomic E-state index is -0.853. The molecule has 1 fully saturated rings. The number of benzene rings is 1. The summed E-state index contributed by atoms with van der Waals surface area (Å²) in [6.07, 6.45) is 2.18. The maximum Gasteiger partial charge on any atom is 0.336 e. The quantitative estimate of drug-likeness (QED) is 0.884. The number of aromatic nitrogens is 1. The van der Waals surface area contributed by atoms with E-state index < -0.39 is 5.97 Å². The van der Waals surface area contributed by atoms with Crippen LogP contribution >= 0.6 is 0 Å². The summed E-state index contributed by atoms with van der Waals surface area (Å²) in [6, 6.07) is 3.87. The lowest BCUT2D eigenvalue weighted by Crippen LogP contribution is -2.43. The highest BCUT2D eigenvalue weighted by Gasteiger charge is 2.17. The molecular formula is C19H27N3O2. The highest BCUT2D eigenvalue weighted by atomic mass is 16.4. The van der Waals surface area contributed by atoms with Gasteiger partial charge in [-0.3, -0.25) is 0 Å². The van der Waals surface area contributed by atoms with Crippen LogP contribution in [0.15, 0.2) is 12.1 Å². The van der Waals surface area contributed by atoms with Gasteiger partial charge >= 0.3 is 5.97 Å². The number of fused-ring (bicyclic) bond motifs is 1. The number of carboxylic acids is 1. The second kappa shape index (κ2) is 6.95. The summed E-state index contributed by atoms with van der Waals surface area (Å²) in [4.78, 5) is 13.9. The molecule has 0 amide bonds. The van der Waals surface area contributed by atoms with E-state index >= 15 is 0 Å². The van der Waals surface area contributed by atoms with Gasteiger partial charge in [0, 0.05) is 49.8 Å². The average Bonchev–Trinajstić information content (AvgIpc) is 2.79. The Morgan fingerprint density at radius 3 is 2.62 bits per heavy atom. The van der Waals surface area contributed by atoms with Gasteiger partial charge < -0.3 is 19.9 Å². The molecule has 5 heteroatoms. The SMILES string of the molecule is Cc1cc2c(CCCN3CCNCC3)c(C)n(C)c2cc1C(=O)O. The zero-order valence-corrected chi connectivity index (χ0v) is 14.9. The summed E-state index contributed by atoms with van der Waals surface area (Å²) < 4.78 is 2.13. The van der Waals surface area contributed by atoms with Crippen molar-refractivity contribution in [2.75, 3.05) is 32.7 Å². The largest absolute Gasteiger partial charge is 0.478 e. The first kappa shape index (κ1) is 17.0. The highest BCUT2D eigenvalue weighted by Crippen LogP contribution is 2.29. The fourth-order valence-corrected chi connectivity index (χ4v) is 3.75. The van der Waals surface area contributed by atoms with E-state index in [1.54, 1.807) is 0 Å². The zero-order valence-electron chi connectivity index (χ0n) is 14.9. The van der Waals surface area contributed by atoms with Crippen LogP contribution < -0.4 is 5.32 Å². The minimum absolute atomic E-state index is 0.399. The minimum Gasteiger partial charge on any atom is -0.478 e. The Morgan fingerprint density at radius 1 is 1.25 bits per heavy atom. The molecule has 0 aliphatic carbocycles. The van der Waals surface area contributed by atoms with E-state index in [1.165, 1.54) is 16.6 Å². The van der Waals surface area contributed by atoms with E-state index in [9.17, 15) is 9.90 Å². The van der Waals surface area contributed by atoms with Crippen molar-refractivity contribution in [2.24, 2.45) is 7.05 Å². The van der Waals surface area contributed by atoms with Crippen molar-refractivity contribution >= 4 is 16.9 Å². The molecule has 0 radical (unpaired) electrons. The lowest BCUT2D eigenvalue weighted by Gasteiger charge is -2.27. The number of piperazine rings is 1. The molecule has 1 aromatic heterocycles. The third-order valence-corrected chi connectivity index (χ3v) is 5.31. The van der Waals surface area contributed by atoms with Gasteiger partial charge in [0.15, 0.2) is 0 Å². The van der Waals surface area contributed by atoms with Crippen LogP contribution in [0.3, 0.4) is 0 Å². The molecule has 1 aliphatic heterocycles. The molecule has 1 aromatic carbocycles. The molecule has 24 heavy (non-hydrogen) atoms. The topological polar surface area (TPSA) is 57.5 Å². The first-order valence-corrected chi connectivity index (χ1v) is 8.74. The molecule has 2 N–H and O–H groups in total. The summed E-state index contributed by atoms with van der Waals surface area (Å²) in [6.45, 7) is 9.59. The molecule has 1 saturated heterocycles. The van der Waals surface area contributed by atoms with Crippen LogP contribution in [0.1, 0.15) is 33.6 Å². The molecule has 3 rings (SSSR count). The van der Waals surface area contributed by atoms with Gasteiger partial charge in [-0.15, -0.1) is 0 Å². The van der Waals surface area contributed by atoms with Crippen LogP contribution in [-0.4, -0.2) is 53.3 Å². The van der Waals surface area contributed by atoms with E-state index in [4.69, 9.17) is 0 Å². The fraction of sp³-hybridized carbons (Fsp3) is 0.526.